The number of carboxylic acid groups (broad SMARTS) is 1. The van der Waals surface area contributed by atoms with Crippen LogP contribution >= 0.6 is 0 Å². The van der Waals surface area contributed by atoms with Gasteiger partial charge in [0.1, 0.15) is 5.75 Å². The zero-order valence-corrected chi connectivity index (χ0v) is 11.4. The Bertz CT molecular complexity index is 482. The standard InChI is InChI=1S/C14H19NO4/c1-14(2,9-13(18)19)8-12(17)15(3)10-5-4-6-11(16)7-10/h4-7,16H,8-9H2,1-3H3,(H,18,19). The van der Waals surface area contributed by atoms with Gasteiger partial charge in [0.2, 0.25) is 5.91 Å². The fourth-order valence-electron chi connectivity index (χ4n) is 1.85. The van der Waals surface area contributed by atoms with E-state index >= 15 is 0 Å². The lowest BCUT2D eigenvalue weighted by atomic mass is 9.85. The largest absolute Gasteiger partial charge is 0.508 e. The fraction of sp³-hybridized carbons (Fsp3) is 0.429. The normalized spacial score (nSPS) is 11.1. The molecule has 19 heavy (non-hydrogen) atoms. The topological polar surface area (TPSA) is 77.8 Å². The molecule has 2 N–H and O–H groups in total. The molecule has 104 valence electrons. The first kappa shape index (κ1) is 15.0. The predicted molar refractivity (Wildman–Crippen MR) is 72.2 cm³/mol. The average molecular weight is 265 g/mol. The van der Waals surface area contributed by atoms with E-state index in [2.05, 4.69) is 0 Å². The van der Waals surface area contributed by atoms with Crippen molar-refractivity contribution in [1.82, 2.24) is 0 Å². The van der Waals surface area contributed by atoms with E-state index in [1.807, 2.05) is 0 Å². The van der Waals surface area contributed by atoms with E-state index in [0.717, 1.165) is 0 Å². The summed E-state index contributed by atoms with van der Waals surface area (Å²) in [5, 5.41) is 18.2. The van der Waals surface area contributed by atoms with Gasteiger partial charge in [0.15, 0.2) is 0 Å². The van der Waals surface area contributed by atoms with E-state index in [4.69, 9.17) is 5.11 Å². The number of rotatable bonds is 5. The van der Waals surface area contributed by atoms with E-state index in [-0.39, 0.29) is 24.5 Å². The molecule has 0 aliphatic heterocycles. The van der Waals surface area contributed by atoms with Crippen molar-refractivity contribution >= 4 is 17.6 Å². The van der Waals surface area contributed by atoms with Crippen molar-refractivity contribution in [3.05, 3.63) is 24.3 Å². The van der Waals surface area contributed by atoms with Crippen molar-refractivity contribution < 1.29 is 19.8 Å². The van der Waals surface area contributed by atoms with Crippen LogP contribution in [0.15, 0.2) is 24.3 Å². The third kappa shape index (κ3) is 4.62. The highest BCUT2D eigenvalue weighted by molar-refractivity contribution is 5.93. The first-order valence-corrected chi connectivity index (χ1v) is 5.99. The maximum atomic E-state index is 12.1. The number of amides is 1. The highest BCUT2D eigenvalue weighted by atomic mass is 16.4. The van der Waals surface area contributed by atoms with Gasteiger partial charge in [0.05, 0.1) is 6.42 Å². The van der Waals surface area contributed by atoms with Crippen LogP contribution in [0.3, 0.4) is 0 Å². The number of carbonyl (C=O) groups excluding carboxylic acids is 1. The average Bonchev–Trinajstić information content (AvgIpc) is 2.25. The second kappa shape index (κ2) is 5.73. The molecule has 1 aromatic rings. The van der Waals surface area contributed by atoms with Gasteiger partial charge in [0, 0.05) is 25.2 Å². The van der Waals surface area contributed by atoms with E-state index in [9.17, 15) is 14.7 Å². The zero-order chi connectivity index (χ0) is 14.6. The minimum atomic E-state index is -0.919. The summed E-state index contributed by atoms with van der Waals surface area (Å²) in [6.45, 7) is 3.49. The summed E-state index contributed by atoms with van der Waals surface area (Å²) in [5.41, 5.74) is -0.0234. The third-order valence-corrected chi connectivity index (χ3v) is 2.85. The maximum absolute atomic E-state index is 12.1. The Morgan fingerprint density at radius 3 is 2.42 bits per heavy atom. The van der Waals surface area contributed by atoms with Crippen LogP contribution in [0.4, 0.5) is 5.69 Å². The number of hydrogen-bond donors (Lipinski definition) is 2. The molecule has 1 amide bonds. The Morgan fingerprint density at radius 1 is 1.26 bits per heavy atom. The summed E-state index contributed by atoms with van der Waals surface area (Å²) in [5.74, 6) is -1.02. The molecule has 0 aliphatic carbocycles. The van der Waals surface area contributed by atoms with E-state index in [1.165, 1.54) is 17.0 Å². The SMILES string of the molecule is CN(C(=O)CC(C)(C)CC(=O)O)c1cccc(O)c1. The van der Waals surface area contributed by atoms with Gasteiger partial charge < -0.3 is 15.1 Å². The summed E-state index contributed by atoms with van der Waals surface area (Å²) < 4.78 is 0. The minimum absolute atomic E-state index is 0.0629. The highest BCUT2D eigenvalue weighted by Crippen LogP contribution is 2.27. The van der Waals surface area contributed by atoms with Gasteiger partial charge >= 0.3 is 5.97 Å². The minimum Gasteiger partial charge on any atom is -0.508 e. The molecule has 0 radical (unpaired) electrons. The number of benzene rings is 1. The molecule has 0 fully saturated rings. The number of aliphatic carboxylic acids is 1. The molecule has 0 aromatic heterocycles. The number of phenolic OH excluding ortho intramolecular Hbond substituents is 1. The van der Waals surface area contributed by atoms with E-state index in [1.54, 1.807) is 33.0 Å². The first-order chi connectivity index (χ1) is 8.71. The lowest BCUT2D eigenvalue weighted by molar-refractivity contribution is -0.139. The molecule has 0 unspecified atom stereocenters. The van der Waals surface area contributed by atoms with Crippen LogP contribution in [0.5, 0.6) is 5.75 Å². The smallest absolute Gasteiger partial charge is 0.303 e. The van der Waals surface area contributed by atoms with Crippen LogP contribution in [0, 0.1) is 5.41 Å². The molecular weight excluding hydrogens is 246 g/mol. The third-order valence-electron chi connectivity index (χ3n) is 2.85. The summed E-state index contributed by atoms with van der Waals surface area (Å²) in [6, 6.07) is 6.37. The highest BCUT2D eigenvalue weighted by Gasteiger charge is 2.27. The van der Waals surface area contributed by atoms with Gasteiger partial charge in [-0.1, -0.05) is 19.9 Å². The van der Waals surface area contributed by atoms with Gasteiger partial charge in [-0.2, -0.15) is 0 Å². The molecule has 0 bridgehead atoms. The van der Waals surface area contributed by atoms with Gasteiger partial charge in [-0.15, -0.1) is 0 Å². The number of phenols is 1. The lowest BCUT2D eigenvalue weighted by Gasteiger charge is -2.25. The van der Waals surface area contributed by atoms with Crippen molar-refractivity contribution in [2.45, 2.75) is 26.7 Å². The molecule has 0 heterocycles. The van der Waals surface area contributed by atoms with Crippen molar-refractivity contribution in [3.8, 4) is 5.75 Å². The number of anilines is 1. The Hall–Kier alpha value is -2.04. The molecule has 5 heteroatoms. The van der Waals surface area contributed by atoms with Crippen LogP contribution in [-0.2, 0) is 9.59 Å². The van der Waals surface area contributed by atoms with Crippen LogP contribution in [0.1, 0.15) is 26.7 Å². The summed E-state index contributed by atoms with van der Waals surface area (Å²) >= 11 is 0. The summed E-state index contributed by atoms with van der Waals surface area (Å²) in [4.78, 5) is 24.2. The van der Waals surface area contributed by atoms with Crippen LogP contribution in [-0.4, -0.2) is 29.1 Å². The molecule has 0 spiro atoms. The molecule has 1 rings (SSSR count). The molecule has 0 saturated carbocycles. The van der Waals surface area contributed by atoms with Crippen LogP contribution in [0.2, 0.25) is 0 Å². The Balaban J connectivity index is 2.75. The monoisotopic (exact) mass is 265 g/mol. The first-order valence-electron chi connectivity index (χ1n) is 5.99. The van der Waals surface area contributed by atoms with E-state index in [0.29, 0.717) is 5.69 Å². The lowest BCUT2D eigenvalue weighted by Crippen LogP contribution is -2.31. The van der Waals surface area contributed by atoms with Crippen molar-refractivity contribution in [1.29, 1.82) is 0 Å². The second-order valence-electron chi connectivity index (χ2n) is 5.38. The second-order valence-corrected chi connectivity index (χ2v) is 5.38. The van der Waals surface area contributed by atoms with Crippen LogP contribution in [0.25, 0.3) is 0 Å². The molecule has 0 aliphatic rings. The van der Waals surface area contributed by atoms with Gasteiger partial charge in [-0.3, -0.25) is 9.59 Å². The van der Waals surface area contributed by atoms with Crippen molar-refractivity contribution in [2.75, 3.05) is 11.9 Å². The summed E-state index contributed by atoms with van der Waals surface area (Å²) in [7, 11) is 1.61. The van der Waals surface area contributed by atoms with E-state index < -0.39 is 11.4 Å². The number of hydrogen-bond acceptors (Lipinski definition) is 3. The Kier molecular flexibility index (Phi) is 4.53. The van der Waals surface area contributed by atoms with Crippen molar-refractivity contribution in [3.63, 3.8) is 0 Å². The van der Waals surface area contributed by atoms with Gasteiger partial charge in [0.25, 0.3) is 0 Å². The Labute approximate surface area is 112 Å². The Morgan fingerprint density at radius 2 is 1.89 bits per heavy atom. The van der Waals surface area contributed by atoms with Gasteiger partial charge in [-0.25, -0.2) is 0 Å². The molecular formula is C14H19NO4. The maximum Gasteiger partial charge on any atom is 0.303 e. The van der Waals surface area contributed by atoms with Crippen LogP contribution < -0.4 is 4.90 Å². The quantitative estimate of drug-likeness (QED) is 0.856. The number of carboxylic acids is 1. The molecule has 5 nitrogen and oxygen atoms in total. The number of carbonyl (C=O) groups is 2. The zero-order valence-electron chi connectivity index (χ0n) is 11.4. The predicted octanol–water partition coefficient (Wildman–Crippen LogP) is 2.25. The molecule has 0 saturated heterocycles. The summed E-state index contributed by atoms with van der Waals surface area (Å²) in [6.07, 6.45) is 0.0675. The molecule has 1 aromatic carbocycles. The molecule has 0 atom stereocenters. The van der Waals surface area contributed by atoms with Gasteiger partial charge in [-0.05, 0) is 17.5 Å². The fourth-order valence-corrected chi connectivity index (χ4v) is 1.85. The van der Waals surface area contributed by atoms with Crippen molar-refractivity contribution in [2.24, 2.45) is 5.41 Å². The number of aromatic hydroxyl groups is 1. The number of nitrogens with zero attached hydrogens (tertiary/aromatic N) is 1.